The molecule has 0 aromatic heterocycles. The third-order valence-corrected chi connectivity index (χ3v) is 3.93. The monoisotopic (exact) mass is 247 g/mol. The van der Waals surface area contributed by atoms with Crippen LogP contribution in [0.25, 0.3) is 0 Å². The Morgan fingerprint density at radius 1 is 1.17 bits per heavy atom. The molecule has 18 heavy (non-hydrogen) atoms. The first kappa shape index (κ1) is 10.2. The minimum atomic E-state index is -0.460. The summed E-state index contributed by atoms with van der Waals surface area (Å²) < 4.78 is 16.4. The summed E-state index contributed by atoms with van der Waals surface area (Å²) in [7, 11) is 0. The Hall–Kier alpha value is -1.75. The maximum atomic E-state index is 12.1. The summed E-state index contributed by atoms with van der Waals surface area (Å²) in [5.74, 6) is 0.902. The summed E-state index contributed by atoms with van der Waals surface area (Å²) in [6.07, 6.45) is 1.62. The van der Waals surface area contributed by atoms with E-state index in [0.717, 1.165) is 31.5 Å². The fourth-order valence-electron chi connectivity index (χ4n) is 3.04. The second-order valence-corrected chi connectivity index (χ2v) is 4.86. The fraction of sp³-hybridized carbons (Fsp3) is 0.462. The second-order valence-electron chi connectivity index (χ2n) is 4.86. The van der Waals surface area contributed by atoms with Gasteiger partial charge in [-0.1, -0.05) is 6.07 Å². The van der Waals surface area contributed by atoms with E-state index in [9.17, 15) is 4.79 Å². The highest BCUT2D eigenvalue weighted by molar-refractivity contribution is 5.98. The third-order valence-electron chi connectivity index (χ3n) is 3.93. The van der Waals surface area contributed by atoms with Gasteiger partial charge in [0.15, 0.2) is 11.5 Å². The predicted octanol–water partition coefficient (Wildman–Crippen LogP) is 1.16. The van der Waals surface area contributed by atoms with Crippen molar-refractivity contribution in [1.82, 2.24) is 5.32 Å². The molecule has 3 aliphatic heterocycles. The highest BCUT2D eigenvalue weighted by Gasteiger charge is 2.48. The molecular weight excluding hydrogens is 234 g/mol. The third kappa shape index (κ3) is 1.17. The fourth-order valence-corrected chi connectivity index (χ4v) is 3.04. The van der Waals surface area contributed by atoms with Crippen LogP contribution in [0.4, 0.5) is 0 Å². The predicted molar refractivity (Wildman–Crippen MR) is 61.8 cm³/mol. The summed E-state index contributed by atoms with van der Waals surface area (Å²) in [6, 6.07) is 3.81. The number of hydrogen-bond acceptors (Lipinski definition) is 5. The average molecular weight is 247 g/mol. The van der Waals surface area contributed by atoms with Crippen LogP contribution in [0.1, 0.15) is 28.8 Å². The normalized spacial score (nSPS) is 23.0. The lowest BCUT2D eigenvalue weighted by molar-refractivity contribution is -0.0242. The maximum absolute atomic E-state index is 12.1. The Kier molecular flexibility index (Phi) is 1.92. The minimum absolute atomic E-state index is 0.174. The van der Waals surface area contributed by atoms with E-state index in [1.54, 1.807) is 0 Å². The first-order valence-electron chi connectivity index (χ1n) is 6.17. The number of benzene rings is 1. The van der Waals surface area contributed by atoms with Crippen LogP contribution in [0.3, 0.4) is 0 Å². The van der Waals surface area contributed by atoms with Crippen molar-refractivity contribution in [3.05, 3.63) is 23.3 Å². The van der Waals surface area contributed by atoms with E-state index < -0.39 is 5.60 Å². The number of hydrogen-bond donors (Lipinski definition) is 1. The number of nitrogens with one attached hydrogen (secondary N) is 1. The Morgan fingerprint density at radius 3 is 2.83 bits per heavy atom. The number of ether oxygens (including phenoxy) is 3. The zero-order valence-electron chi connectivity index (χ0n) is 9.82. The van der Waals surface area contributed by atoms with E-state index in [1.807, 2.05) is 12.1 Å². The molecule has 1 N–H and O–H groups in total. The first-order valence-corrected chi connectivity index (χ1v) is 6.17. The van der Waals surface area contributed by atoms with Crippen LogP contribution in [0.15, 0.2) is 12.1 Å². The molecule has 1 aromatic carbocycles. The van der Waals surface area contributed by atoms with Gasteiger partial charge in [-0.25, -0.2) is 4.79 Å². The van der Waals surface area contributed by atoms with Gasteiger partial charge in [0.1, 0.15) is 11.2 Å². The topological polar surface area (TPSA) is 56.8 Å². The van der Waals surface area contributed by atoms with Crippen LogP contribution in [0.5, 0.6) is 11.5 Å². The molecule has 0 atom stereocenters. The maximum Gasteiger partial charge on any atom is 0.343 e. The van der Waals surface area contributed by atoms with Crippen molar-refractivity contribution >= 4 is 5.97 Å². The molecule has 0 unspecified atom stereocenters. The molecule has 1 spiro atoms. The second kappa shape index (κ2) is 3.38. The van der Waals surface area contributed by atoms with E-state index in [0.29, 0.717) is 17.1 Å². The molecule has 5 nitrogen and oxygen atoms in total. The van der Waals surface area contributed by atoms with Gasteiger partial charge in [-0.05, 0) is 19.2 Å². The van der Waals surface area contributed by atoms with Crippen LogP contribution in [0.2, 0.25) is 0 Å². The average Bonchev–Trinajstić information content (AvgIpc) is 2.94. The van der Waals surface area contributed by atoms with E-state index in [2.05, 4.69) is 5.32 Å². The Morgan fingerprint density at radius 2 is 2.00 bits per heavy atom. The lowest BCUT2D eigenvalue weighted by Gasteiger charge is -2.33. The number of fused-ring (bicyclic) bond motifs is 4. The van der Waals surface area contributed by atoms with Crippen molar-refractivity contribution in [2.45, 2.75) is 18.4 Å². The highest BCUT2D eigenvalue weighted by atomic mass is 16.7. The summed E-state index contributed by atoms with van der Waals surface area (Å²) in [5.41, 5.74) is 1.06. The van der Waals surface area contributed by atoms with Crippen LogP contribution < -0.4 is 14.8 Å². The summed E-state index contributed by atoms with van der Waals surface area (Å²) in [4.78, 5) is 12.1. The quantitative estimate of drug-likeness (QED) is 0.697. The molecule has 1 aromatic rings. The molecule has 1 saturated heterocycles. The molecule has 0 saturated carbocycles. The Labute approximate surface area is 104 Å². The SMILES string of the molecule is O=C1OC2(CCNCC2)c2ccc3c(c21)OCO3. The van der Waals surface area contributed by atoms with Gasteiger partial charge >= 0.3 is 5.97 Å². The van der Waals surface area contributed by atoms with Crippen molar-refractivity contribution in [3.63, 3.8) is 0 Å². The molecule has 4 rings (SSSR count). The largest absolute Gasteiger partial charge is 0.454 e. The Bertz CT molecular complexity index is 534. The standard InChI is InChI=1S/C13H13NO4/c15-12-10-8(1-2-9-11(10)17-7-16-9)13(18-12)3-5-14-6-4-13/h1-2,14H,3-7H2. The molecule has 1 fully saturated rings. The van der Waals surface area contributed by atoms with Crippen molar-refractivity contribution < 1.29 is 19.0 Å². The summed E-state index contributed by atoms with van der Waals surface area (Å²) in [5, 5.41) is 3.29. The zero-order chi connectivity index (χ0) is 12.2. The van der Waals surface area contributed by atoms with E-state index in [1.165, 1.54) is 0 Å². The smallest absolute Gasteiger partial charge is 0.343 e. The van der Waals surface area contributed by atoms with Crippen molar-refractivity contribution in [1.29, 1.82) is 0 Å². The number of carbonyl (C=O) groups excluding carboxylic acids is 1. The lowest BCUT2D eigenvalue weighted by atomic mass is 9.84. The van der Waals surface area contributed by atoms with Gasteiger partial charge in [0.2, 0.25) is 6.79 Å². The lowest BCUT2D eigenvalue weighted by Crippen LogP contribution is -2.39. The van der Waals surface area contributed by atoms with Gasteiger partial charge in [0.25, 0.3) is 0 Å². The molecule has 0 aliphatic carbocycles. The van der Waals surface area contributed by atoms with E-state index >= 15 is 0 Å². The van der Waals surface area contributed by atoms with E-state index in [-0.39, 0.29) is 12.8 Å². The molecule has 0 amide bonds. The number of piperidine rings is 1. The zero-order valence-corrected chi connectivity index (χ0v) is 9.82. The molecule has 3 heterocycles. The van der Waals surface area contributed by atoms with Gasteiger partial charge < -0.3 is 19.5 Å². The van der Waals surface area contributed by atoms with Crippen molar-refractivity contribution in [3.8, 4) is 11.5 Å². The van der Waals surface area contributed by atoms with Gasteiger partial charge in [0, 0.05) is 18.4 Å². The first-order chi connectivity index (χ1) is 8.80. The molecule has 5 heteroatoms. The van der Waals surface area contributed by atoms with Gasteiger partial charge in [-0.3, -0.25) is 0 Å². The van der Waals surface area contributed by atoms with Gasteiger partial charge in [0.05, 0.1) is 0 Å². The molecule has 0 radical (unpaired) electrons. The Balaban J connectivity index is 1.90. The highest BCUT2D eigenvalue weighted by Crippen LogP contribution is 2.49. The summed E-state index contributed by atoms with van der Waals surface area (Å²) >= 11 is 0. The molecule has 0 bridgehead atoms. The number of carbonyl (C=O) groups is 1. The molecule has 3 aliphatic rings. The van der Waals surface area contributed by atoms with Crippen LogP contribution in [0, 0.1) is 0 Å². The van der Waals surface area contributed by atoms with Crippen LogP contribution in [-0.2, 0) is 10.3 Å². The van der Waals surface area contributed by atoms with Gasteiger partial charge in [-0.15, -0.1) is 0 Å². The molecule has 94 valence electrons. The van der Waals surface area contributed by atoms with Crippen molar-refractivity contribution in [2.24, 2.45) is 0 Å². The number of esters is 1. The van der Waals surface area contributed by atoms with E-state index in [4.69, 9.17) is 14.2 Å². The van der Waals surface area contributed by atoms with Crippen molar-refractivity contribution in [2.75, 3.05) is 19.9 Å². The van der Waals surface area contributed by atoms with Crippen LogP contribution in [-0.4, -0.2) is 25.9 Å². The molecular formula is C13H13NO4. The van der Waals surface area contributed by atoms with Gasteiger partial charge in [-0.2, -0.15) is 0 Å². The summed E-state index contributed by atoms with van der Waals surface area (Å²) in [6.45, 7) is 1.90. The van der Waals surface area contributed by atoms with Crippen LogP contribution >= 0.6 is 0 Å². The minimum Gasteiger partial charge on any atom is -0.454 e. The number of rotatable bonds is 0.